The van der Waals surface area contributed by atoms with Crippen molar-refractivity contribution in [2.45, 2.75) is 44.9 Å². The maximum Gasteiger partial charge on any atom is 0.246 e. The molecule has 1 rings (SSSR count). The van der Waals surface area contributed by atoms with Gasteiger partial charge < -0.3 is 49.1 Å². The van der Waals surface area contributed by atoms with E-state index < -0.39 is 0 Å². The number of carbonyl (C=O) groups excluding carboxylic acids is 3. The van der Waals surface area contributed by atoms with E-state index in [0.29, 0.717) is 111 Å². The minimum absolute atomic E-state index is 0.0167. The molecule has 1 aliphatic rings. The number of amides is 3. The molecular formula is C28H53N3O10. The average Bonchev–Trinajstić information content (AvgIpc) is 2.97. The Bertz CT molecular complexity index is 594. The lowest BCUT2D eigenvalue weighted by Gasteiger charge is -2.17. The van der Waals surface area contributed by atoms with Gasteiger partial charge in [-0.1, -0.05) is 25.7 Å². The van der Waals surface area contributed by atoms with Gasteiger partial charge in [0.15, 0.2) is 0 Å². The highest BCUT2D eigenvalue weighted by Gasteiger charge is 2.10. The summed E-state index contributed by atoms with van der Waals surface area (Å²) in [5, 5.41) is 8.16. The predicted molar refractivity (Wildman–Crippen MR) is 152 cm³/mol. The zero-order valence-electron chi connectivity index (χ0n) is 24.7. The van der Waals surface area contributed by atoms with Gasteiger partial charge in [0, 0.05) is 32.8 Å². The lowest BCUT2D eigenvalue weighted by atomic mass is 9.95. The minimum atomic E-state index is -0.200. The third-order valence-electron chi connectivity index (χ3n) is 6.20. The van der Waals surface area contributed by atoms with Crippen molar-refractivity contribution in [1.82, 2.24) is 16.0 Å². The highest BCUT2D eigenvalue weighted by Crippen LogP contribution is 2.18. The second-order valence-corrected chi connectivity index (χ2v) is 9.59. The van der Waals surface area contributed by atoms with Gasteiger partial charge in [-0.3, -0.25) is 14.4 Å². The van der Waals surface area contributed by atoms with Crippen LogP contribution < -0.4 is 16.0 Å². The van der Waals surface area contributed by atoms with Crippen LogP contribution in [0.5, 0.6) is 0 Å². The third kappa shape index (κ3) is 26.8. The minimum Gasteiger partial charge on any atom is -0.379 e. The molecule has 1 fully saturated rings. The molecule has 3 amide bonds. The zero-order valence-corrected chi connectivity index (χ0v) is 24.7. The number of rotatable bonds is 13. The molecule has 1 heterocycles. The molecular weight excluding hydrogens is 538 g/mol. The molecule has 13 heteroatoms. The Morgan fingerprint density at radius 1 is 0.659 bits per heavy atom. The molecule has 0 spiro atoms. The summed E-state index contributed by atoms with van der Waals surface area (Å²) >= 11 is 0. The largest absolute Gasteiger partial charge is 0.379 e. The number of hydrogen-bond donors (Lipinski definition) is 3. The molecule has 0 aromatic heterocycles. The second-order valence-electron chi connectivity index (χ2n) is 9.59. The van der Waals surface area contributed by atoms with Gasteiger partial charge in [0.1, 0.15) is 13.2 Å². The first-order chi connectivity index (χ1) is 20.2. The van der Waals surface area contributed by atoms with Crippen molar-refractivity contribution >= 4 is 18.2 Å². The van der Waals surface area contributed by atoms with E-state index >= 15 is 0 Å². The van der Waals surface area contributed by atoms with Crippen LogP contribution in [0.25, 0.3) is 0 Å². The normalized spacial score (nSPS) is 20.6. The Balaban J connectivity index is 2.26. The molecule has 1 unspecified atom stereocenters. The smallest absolute Gasteiger partial charge is 0.246 e. The summed E-state index contributed by atoms with van der Waals surface area (Å²) < 4.78 is 38.5. The van der Waals surface area contributed by atoms with Crippen molar-refractivity contribution in [1.29, 1.82) is 0 Å². The van der Waals surface area contributed by atoms with E-state index in [9.17, 15) is 14.4 Å². The first-order valence-electron chi connectivity index (χ1n) is 15.0. The lowest BCUT2D eigenvalue weighted by molar-refractivity contribution is -0.127. The molecule has 41 heavy (non-hydrogen) atoms. The lowest BCUT2D eigenvalue weighted by Crippen LogP contribution is -2.31. The van der Waals surface area contributed by atoms with Gasteiger partial charge in [0.25, 0.3) is 0 Å². The van der Waals surface area contributed by atoms with Crippen LogP contribution in [0.4, 0.5) is 0 Å². The van der Waals surface area contributed by atoms with Gasteiger partial charge in [0.05, 0.1) is 66.1 Å². The quantitative estimate of drug-likeness (QED) is 0.203. The fraction of sp³-hybridized carbons (Fsp3) is 0.893. The van der Waals surface area contributed by atoms with E-state index in [0.717, 1.165) is 44.9 Å². The molecule has 0 aliphatic carbocycles. The van der Waals surface area contributed by atoms with Crippen LogP contribution in [0.15, 0.2) is 0 Å². The number of hydrogen-bond acceptors (Lipinski definition) is 10. The molecule has 3 N–H and O–H groups in total. The summed E-state index contributed by atoms with van der Waals surface area (Å²) in [4.78, 5) is 33.8. The van der Waals surface area contributed by atoms with Crippen LogP contribution in [0.2, 0.25) is 0 Å². The summed E-state index contributed by atoms with van der Waals surface area (Å²) in [6.45, 7) is 7.18. The van der Waals surface area contributed by atoms with E-state index in [-0.39, 0.29) is 25.0 Å². The molecule has 0 saturated carbocycles. The average molecular weight is 592 g/mol. The number of ether oxygens (including phenoxy) is 7. The Hall–Kier alpha value is -1.87. The summed E-state index contributed by atoms with van der Waals surface area (Å²) in [5.41, 5.74) is 0. The highest BCUT2D eigenvalue weighted by atomic mass is 16.5. The van der Waals surface area contributed by atoms with Crippen LogP contribution in [0.3, 0.4) is 0 Å². The number of nitrogens with one attached hydrogen (secondary N) is 3. The van der Waals surface area contributed by atoms with Gasteiger partial charge in [-0.15, -0.1) is 0 Å². The summed E-state index contributed by atoms with van der Waals surface area (Å²) in [6.07, 6.45) is 7.87. The van der Waals surface area contributed by atoms with Crippen molar-refractivity contribution in [3.05, 3.63) is 0 Å². The van der Waals surface area contributed by atoms with E-state index in [1.807, 2.05) is 0 Å². The molecule has 0 aromatic carbocycles. The maximum atomic E-state index is 11.9. The van der Waals surface area contributed by atoms with Crippen LogP contribution in [-0.4, -0.2) is 130 Å². The van der Waals surface area contributed by atoms with Crippen molar-refractivity contribution in [3.8, 4) is 0 Å². The van der Waals surface area contributed by atoms with Crippen LogP contribution in [0.1, 0.15) is 44.9 Å². The second kappa shape index (κ2) is 29.6. The number of carbonyl (C=O) groups is 3. The van der Waals surface area contributed by atoms with Crippen molar-refractivity contribution < 1.29 is 47.5 Å². The molecule has 13 nitrogen and oxygen atoms in total. The molecule has 1 atom stereocenters. The van der Waals surface area contributed by atoms with Gasteiger partial charge in [-0.05, 0) is 25.2 Å². The molecule has 0 aromatic rings. The molecule has 1 saturated heterocycles. The van der Waals surface area contributed by atoms with E-state index in [1.54, 1.807) is 0 Å². The van der Waals surface area contributed by atoms with Gasteiger partial charge >= 0.3 is 0 Å². The Labute approximate surface area is 245 Å². The molecule has 0 radical (unpaired) electrons. The fourth-order valence-electron chi connectivity index (χ4n) is 3.94. The summed E-state index contributed by atoms with van der Waals surface area (Å²) in [5.74, 6) is 0.171. The van der Waals surface area contributed by atoms with Crippen LogP contribution in [-0.2, 0) is 47.5 Å². The molecule has 240 valence electrons. The monoisotopic (exact) mass is 591 g/mol. The van der Waals surface area contributed by atoms with Crippen molar-refractivity contribution in [2.75, 3.05) is 112 Å². The van der Waals surface area contributed by atoms with E-state index in [2.05, 4.69) is 16.0 Å². The summed E-state index contributed by atoms with van der Waals surface area (Å²) in [7, 11) is 0. The first-order valence-corrected chi connectivity index (χ1v) is 15.0. The van der Waals surface area contributed by atoms with E-state index in [4.69, 9.17) is 33.2 Å². The first kappa shape index (κ1) is 37.2. The van der Waals surface area contributed by atoms with E-state index in [1.165, 1.54) is 0 Å². The molecule has 0 bridgehead atoms. The van der Waals surface area contributed by atoms with Gasteiger partial charge in [0.2, 0.25) is 18.2 Å². The zero-order chi connectivity index (χ0) is 29.5. The Morgan fingerprint density at radius 2 is 1.24 bits per heavy atom. The topological polar surface area (TPSA) is 152 Å². The van der Waals surface area contributed by atoms with Gasteiger partial charge in [-0.2, -0.15) is 0 Å². The van der Waals surface area contributed by atoms with Crippen LogP contribution in [0, 0.1) is 5.92 Å². The SMILES string of the molecule is O=CNCCOCCOCCOCCC1CCCCCCNC(=O)COCCOCCNC(=O)COCCOCC1. The third-order valence-corrected chi connectivity index (χ3v) is 6.20. The van der Waals surface area contributed by atoms with Crippen LogP contribution >= 0.6 is 0 Å². The van der Waals surface area contributed by atoms with Gasteiger partial charge in [-0.25, -0.2) is 0 Å². The van der Waals surface area contributed by atoms with Crippen molar-refractivity contribution in [2.24, 2.45) is 5.92 Å². The summed E-state index contributed by atoms with van der Waals surface area (Å²) in [6, 6.07) is 0. The maximum absolute atomic E-state index is 11.9. The predicted octanol–water partition coefficient (Wildman–Crippen LogP) is 0.442. The Kier molecular flexibility index (Phi) is 26.8. The fourth-order valence-corrected chi connectivity index (χ4v) is 3.94. The van der Waals surface area contributed by atoms with Crippen molar-refractivity contribution in [3.63, 3.8) is 0 Å². The highest BCUT2D eigenvalue weighted by molar-refractivity contribution is 5.77. The molecule has 1 aliphatic heterocycles. The standard InChI is InChI=1S/C28H53N3O10/c32-25-29-9-13-37-16-18-39-17-15-35-11-6-26-5-3-1-2-4-8-30-27(33)23-41-22-20-38-14-10-31-28(34)24-40-21-19-36-12-7-26/h25-26H,1-24H2,(H,29,32)(H,30,33)(H,31,34). The Morgan fingerprint density at radius 3 is 1.95 bits per heavy atom.